The first-order valence-corrected chi connectivity index (χ1v) is 6.45. The van der Waals surface area contributed by atoms with E-state index in [0.29, 0.717) is 12.1 Å². The van der Waals surface area contributed by atoms with Crippen molar-refractivity contribution in [2.24, 2.45) is 0 Å². The standard InChI is InChI=1S/C15H11ClN4O/c1-2-6-20-15(21)14(13(16)10-19-20)18-9-12-5-3-4-11(7-12)8-17/h1,3-5,7,10,18H,6,9H2. The van der Waals surface area contributed by atoms with Gasteiger partial charge in [0, 0.05) is 6.54 Å². The minimum Gasteiger partial charge on any atom is -0.375 e. The van der Waals surface area contributed by atoms with Crippen LogP contribution >= 0.6 is 11.6 Å². The summed E-state index contributed by atoms with van der Waals surface area (Å²) in [5, 5.41) is 15.9. The fourth-order valence-corrected chi connectivity index (χ4v) is 1.96. The van der Waals surface area contributed by atoms with E-state index in [4.69, 9.17) is 23.3 Å². The summed E-state index contributed by atoms with van der Waals surface area (Å²) in [7, 11) is 0. The molecule has 0 aliphatic rings. The van der Waals surface area contributed by atoms with Gasteiger partial charge in [0.05, 0.1) is 22.9 Å². The van der Waals surface area contributed by atoms with Gasteiger partial charge in [-0.2, -0.15) is 10.4 Å². The molecule has 1 aromatic carbocycles. The number of hydrogen-bond acceptors (Lipinski definition) is 4. The first-order chi connectivity index (χ1) is 10.2. The molecule has 1 N–H and O–H groups in total. The summed E-state index contributed by atoms with van der Waals surface area (Å²) in [5.74, 6) is 2.35. The van der Waals surface area contributed by atoms with Crippen LogP contribution in [-0.4, -0.2) is 9.78 Å². The molecule has 0 radical (unpaired) electrons. The van der Waals surface area contributed by atoms with Crippen molar-refractivity contribution in [3.63, 3.8) is 0 Å². The molecule has 0 amide bonds. The van der Waals surface area contributed by atoms with Crippen LogP contribution < -0.4 is 10.9 Å². The van der Waals surface area contributed by atoms with E-state index >= 15 is 0 Å². The zero-order valence-corrected chi connectivity index (χ0v) is 11.8. The van der Waals surface area contributed by atoms with Gasteiger partial charge < -0.3 is 5.32 Å². The Morgan fingerprint density at radius 2 is 2.29 bits per heavy atom. The van der Waals surface area contributed by atoms with Gasteiger partial charge in [-0.15, -0.1) is 6.42 Å². The van der Waals surface area contributed by atoms with Gasteiger partial charge in [-0.3, -0.25) is 4.79 Å². The zero-order chi connectivity index (χ0) is 15.2. The van der Waals surface area contributed by atoms with E-state index in [9.17, 15) is 4.79 Å². The molecule has 0 unspecified atom stereocenters. The fraction of sp³-hybridized carbons (Fsp3) is 0.133. The molecule has 104 valence electrons. The maximum Gasteiger partial charge on any atom is 0.292 e. The van der Waals surface area contributed by atoms with Gasteiger partial charge in [0.2, 0.25) is 0 Å². The molecule has 2 aromatic rings. The van der Waals surface area contributed by atoms with Gasteiger partial charge in [-0.1, -0.05) is 29.7 Å². The predicted molar refractivity (Wildman–Crippen MR) is 80.8 cm³/mol. The van der Waals surface area contributed by atoms with Crippen LogP contribution in [-0.2, 0) is 13.1 Å². The maximum atomic E-state index is 12.1. The summed E-state index contributed by atoms with van der Waals surface area (Å²) in [6.07, 6.45) is 6.55. The molecule has 1 aromatic heterocycles. The van der Waals surface area contributed by atoms with Crippen molar-refractivity contribution < 1.29 is 0 Å². The third-order valence-corrected chi connectivity index (χ3v) is 3.05. The fourth-order valence-electron chi connectivity index (χ4n) is 1.77. The molecule has 0 fully saturated rings. The first-order valence-electron chi connectivity index (χ1n) is 6.07. The molecule has 0 aliphatic heterocycles. The van der Waals surface area contributed by atoms with Crippen molar-refractivity contribution in [2.45, 2.75) is 13.1 Å². The number of nitrogens with zero attached hydrogens (tertiary/aromatic N) is 3. The Hall–Kier alpha value is -2.76. The maximum absolute atomic E-state index is 12.1. The summed E-state index contributed by atoms with van der Waals surface area (Å²) < 4.78 is 1.15. The Morgan fingerprint density at radius 1 is 1.48 bits per heavy atom. The van der Waals surface area contributed by atoms with Crippen molar-refractivity contribution in [1.82, 2.24) is 9.78 Å². The minimum absolute atomic E-state index is 0.0780. The average Bonchev–Trinajstić information content (AvgIpc) is 2.50. The molecule has 0 aliphatic carbocycles. The van der Waals surface area contributed by atoms with Crippen molar-refractivity contribution in [3.8, 4) is 18.4 Å². The summed E-state index contributed by atoms with van der Waals surface area (Å²) in [5.41, 5.74) is 1.28. The highest BCUT2D eigenvalue weighted by Crippen LogP contribution is 2.16. The Kier molecular flexibility index (Phi) is 4.61. The highest BCUT2D eigenvalue weighted by Gasteiger charge is 2.09. The number of rotatable bonds is 4. The quantitative estimate of drug-likeness (QED) is 0.877. The third kappa shape index (κ3) is 3.42. The molecule has 2 rings (SSSR count). The van der Waals surface area contributed by atoms with Gasteiger partial charge in [-0.05, 0) is 17.7 Å². The second-order valence-electron chi connectivity index (χ2n) is 4.20. The molecular weight excluding hydrogens is 288 g/mol. The van der Waals surface area contributed by atoms with E-state index < -0.39 is 0 Å². The number of hydrogen-bond donors (Lipinski definition) is 1. The minimum atomic E-state index is -0.378. The van der Waals surface area contributed by atoms with E-state index in [1.165, 1.54) is 6.20 Å². The van der Waals surface area contributed by atoms with Crippen molar-refractivity contribution in [2.75, 3.05) is 5.32 Å². The van der Waals surface area contributed by atoms with E-state index in [2.05, 4.69) is 22.4 Å². The highest BCUT2D eigenvalue weighted by molar-refractivity contribution is 6.32. The highest BCUT2D eigenvalue weighted by atomic mass is 35.5. The van der Waals surface area contributed by atoms with Gasteiger partial charge >= 0.3 is 0 Å². The van der Waals surface area contributed by atoms with Crippen molar-refractivity contribution >= 4 is 17.3 Å². The monoisotopic (exact) mass is 298 g/mol. The summed E-state index contributed by atoms with van der Waals surface area (Å²) in [6, 6.07) is 9.14. The normalized spacial score (nSPS) is 9.67. The van der Waals surface area contributed by atoms with E-state index in [-0.39, 0.29) is 22.8 Å². The topological polar surface area (TPSA) is 70.7 Å². The molecule has 5 nitrogen and oxygen atoms in total. The Labute approximate surface area is 126 Å². The van der Waals surface area contributed by atoms with Crippen LogP contribution in [0.2, 0.25) is 5.02 Å². The van der Waals surface area contributed by atoms with Crippen molar-refractivity contribution in [1.29, 1.82) is 5.26 Å². The van der Waals surface area contributed by atoms with Crippen LogP contribution in [0.1, 0.15) is 11.1 Å². The summed E-state index contributed by atoms with van der Waals surface area (Å²) in [4.78, 5) is 12.1. The van der Waals surface area contributed by atoms with Crippen molar-refractivity contribution in [3.05, 3.63) is 57.0 Å². The smallest absolute Gasteiger partial charge is 0.292 e. The number of benzene rings is 1. The largest absolute Gasteiger partial charge is 0.375 e. The Balaban J connectivity index is 2.24. The molecule has 1 heterocycles. The Morgan fingerprint density at radius 3 is 3.00 bits per heavy atom. The third-order valence-electron chi connectivity index (χ3n) is 2.76. The summed E-state index contributed by atoms with van der Waals surface area (Å²) >= 11 is 5.98. The molecule has 21 heavy (non-hydrogen) atoms. The van der Waals surface area contributed by atoms with Crippen LogP contribution in [0.5, 0.6) is 0 Å². The lowest BCUT2D eigenvalue weighted by Crippen LogP contribution is -2.25. The Bertz CT molecular complexity index is 799. The molecule has 6 heteroatoms. The number of nitrogens with one attached hydrogen (secondary N) is 1. The van der Waals surface area contributed by atoms with Crippen LogP contribution in [0, 0.1) is 23.7 Å². The van der Waals surface area contributed by atoms with Gasteiger partial charge in [0.25, 0.3) is 5.56 Å². The molecule has 0 bridgehead atoms. The summed E-state index contributed by atoms with van der Waals surface area (Å²) in [6.45, 7) is 0.444. The van der Waals surface area contributed by atoms with Gasteiger partial charge in [0.15, 0.2) is 0 Å². The van der Waals surface area contributed by atoms with E-state index in [1.807, 2.05) is 6.07 Å². The predicted octanol–water partition coefficient (Wildman–Crippen LogP) is 2.01. The molecule has 0 saturated carbocycles. The lowest BCUT2D eigenvalue weighted by Gasteiger charge is -2.09. The lowest BCUT2D eigenvalue weighted by molar-refractivity contribution is 0.664. The SMILES string of the molecule is C#CCn1ncc(Cl)c(NCc2cccc(C#N)c2)c1=O. The van der Waals surface area contributed by atoms with Crippen LogP contribution in [0.25, 0.3) is 0 Å². The zero-order valence-electron chi connectivity index (χ0n) is 11.0. The van der Waals surface area contributed by atoms with Crippen LogP contribution in [0.3, 0.4) is 0 Å². The van der Waals surface area contributed by atoms with Crippen LogP contribution in [0.4, 0.5) is 5.69 Å². The van der Waals surface area contributed by atoms with E-state index in [1.54, 1.807) is 18.2 Å². The van der Waals surface area contributed by atoms with Gasteiger partial charge in [0.1, 0.15) is 12.2 Å². The van der Waals surface area contributed by atoms with Crippen LogP contribution in [0.15, 0.2) is 35.3 Å². The first kappa shape index (κ1) is 14.6. The molecule has 0 spiro atoms. The number of aromatic nitrogens is 2. The van der Waals surface area contributed by atoms with Gasteiger partial charge in [-0.25, -0.2) is 4.68 Å². The number of anilines is 1. The molecule has 0 atom stereocenters. The number of halogens is 1. The molecule has 0 saturated heterocycles. The van der Waals surface area contributed by atoms with E-state index in [0.717, 1.165) is 10.2 Å². The number of terminal acetylenes is 1. The second-order valence-corrected chi connectivity index (χ2v) is 4.61. The number of nitriles is 1. The lowest BCUT2D eigenvalue weighted by atomic mass is 10.1. The molecular formula is C15H11ClN4O. The second kappa shape index (κ2) is 6.60. The average molecular weight is 299 g/mol.